The van der Waals surface area contributed by atoms with Crippen LogP contribution in [0.5, 0.6) is 0 Å². The molecule has 0 aromatic carbocycles. The third kappa shape index (κ3) is 8.75. The lowest BCUT2D eigenvalue weighted by atomic mass is 10.1. The summed E-state index contributed by atoms with van der Waals surface area (Å²) in [5.41, 5.74) is 0. The van der Waals surface area contributed by atoms with E-state index in [9.17, 15) is 0 Å². The maximum Gasteiger partial charge on any atom is 0.158 e. The van der Waals surface area contributed by atoms with Gasteiger partial charge >= 0.3 is 0 Å². The predicted molar refractivity (Wildman–Crippen MR) is 97.4 cm³/mol. The molecule has 1 heterocycles. The monoisotopic (exact) mass is 358 g/mol. The van der Waals surface area contributed by atoms with E-state index < -0.39 is 0 Å². The second-order valence-electron chi connectivity index (χ2n) is 6.40. The molecule has 3 heteroatoms. The van der Waals surface area contributed by atoms with Gasteiger partial charge in [-0.1, -0.05) is 77.6 Å². The summed E-state index contributed by atoms with van der Waals surface area (Å²) in [7, 11) is 2.11. The number of hydrogen-bond donors (Lipinski definition) is 0. The van der Waals surface area contributed by atoms with Crippen LogP contribution < -0.4 is 0 Å². The number of unbranched alkanes of at least 4 members (excludes halogenated alkanes) is 11. The third-order valence-corrected chi connectivity index (χ3v) is 5.54. The molecule has 0 aromatic heterocycles. The first-order valence-electron chi connectivity index (χ1n) is 9.05. The van der Waals surface area contributed by atoms with Gasteiger partial charge < -0.3 is 9.80 Å². The van der Waals surface area contributed by atoms with Gasteiger partial charge in [-0.05, 0) is 22.4 Å². The van der Waals surface area contributed by atoms with Crippen LogP contribution in [0, 0.1) is 0 Å². The molecule has 124 valence electrons. The summed E-state index contributed by atoms with van der Waals surface area (Å²) in [5.74, 6) is 0. The second-order valence-corrected chi connectivity index (χ2v) is 7.22. The van der Waals surface area contributed by atoms with E-state index in [-0.39, 0.29) is 0 Å². The van der Waals surface area contributed by atoms with E-state index in [0.29, 0.717) is 5.08 Å². The van der Waals surface area contributed by atoms with Crippen molar-refractivity contribution in [2.45, 2.75) is 89.0 Å². The van der Waals surface area contributed by atoms with Crippen molar-refractivity contribution in [2.24, 2.45) is 0 Å². The lowest BCUT2D eigenvalue weighted by molar-refractivity contribution is 0.264. The molecule has 21 heavy (non-hydrogen) atoms. The first-order chi connectivity index (χ1) is 10.3. The van der Waals surface area contributed by atoms with Crippen molar-refractivity contribution in [3.63, 3.8) is 0 Å². The molecule has 1 aliphatic heterocycles. The Hall–Kier alpha value is -0.180. The number of rotatable bonds is 13. The molecule has 0 saturated heterocycles. The van der Waals surface area contributed by atoms with Gasteiger partial charge in [-0.15, -0.1) is 0 Å². The van der Waals surface area contributed by atoms with Crippen LogP contribution in [0.2, 0.25) is 0 Å². The van der Waals surface area contributed by atoms with Crippen LogP contribution in [0.15, 0.2) is 12.4 Å². The minimum atomic E-state index is 0.366. The predicted octanol–water partition coefficient (Wildman–Crippen LogP) is 6.08. The van der Waals surface area contributed by atoms with Crippen molar-refractivity contribution >= 4 is 15.9 Å². The van der Waals surface area contributed by atoms with Crippen LogP contribution in [-0.2, 0) is 0 Å². The maximum atomic E-state index is 3.69. The molecule has 0 amide bonds. The molecule has 0 N–H and O–H groups in total. The normalized spacial score (nSPS) is 18.0. The fraction of sp³-hybridized carbons (Fsp3) is 0.889. The van der Waals surface area contributed by atoms with Crippen LogP contribution in [0.1, 0.15) is 84.0 Å². The average Bonchev–Trinajstić information content (AvgIpc) is 2.80. The van der Waals surface area contributed by atoms with E-state index >= 15 is 0 Å². The molecular weight excluding hydrogens is 324 g/mol. The average molecular weight is 359 g/mol. The first-order valence-corrected chi connectivity index (χ1v) is 9.97. The van der Waals surface area contributed by atoms with Crippen molar-refractivity contribution in [1.29, 1.82) is 0 Å². The van der Waals surface area contributed by atoms with Gasteiger partial charge in [0.05, 0.1) is 0 Å². The van der Waals surface area contributed by atoms with E-state index in [4.69, 9.17) is 0 Å². The molecule has 0 spiro atoms. The Bertz CT molecular complexity index is 268. The van der Waals surface area contributed by atoms with Crippen molar-refractivity contribution < 1.29 is 0 Å². The van der Waals surface area contributed by atoms with E-state index in [1.54, 1.807) is 0 Å². The standard InChI is InChI=1S/C18H35BrN2/c1-3-4-5-6-7-8-9-10-11-12-13-14-15-21-17-16-20(2)18(21)19/h16-18H,3-15H2,1-2H3. The highest BCUT2D eigenvalue weighted by atomic mass is 79.9. The molecule has 1 unspecified atom stereocenters. The molecule has 1 aliphatic rings. The molecule has 1 atom stereocenters. The summed E-state index contributed by atoms with van der Waals surface area (Å²) in [6.45, 7) is 3.46. The molecule has 2 nitrogen and oxygen atoms in total. The summed E-state index contributed by atoms with van der Waals surface area (Å²) in [6, 6.07) is 0. The number of hydrogen-bond acceptors (Lipinski definition) is 2. The number of halogens is 1. The highest BCUT2D eigenvalue weighted by molar-refractivity contribution is 9.09. The zero-order valence-corrected chi connectivity index (χ0v) is 15.8. The fourth-order valence-electron chi connectivity index (χ4n) is 2.88. The Morgan fingerprint density at radius 3 is 1.67 bits per heavy atom. The van der Waals surface area contributed by atoms with Crippen molar-refractivity contribution in [3.8, 4) is 0 Å². The van der Waals surface area contributed by atoms with Gasteiger partial charge in [0.25, 0.3) is 0 Å². The second kappa shape index (κ2) is 12.4. The Labute approximate surface area is 141 Å². The zero-order valence-electron chi connectivity index (χ0n) is 14.2. The van der Waals surface area contributed by atoms with Crippen molar-refractivity contribution in [1.82, 2.24) is 9.80 Å². The van der Waals surface area contributed by atoms with Crippen LogP contribution in [0.4, 0.5) is 0 Å². The Morgan fingerprint density at radius 2 is 1.24 bits per heavy atom. The summed E-state index contributed by atoms with van der Waals surface area (Å²) >= 11 is 3.69. The van der Waals surface area contributed by atoms with E-state index in [2.05, 4.69) is 52.1 Å². The largest absolute Gasteiger partial charge is 0.350 e. The minimum Gasteiger partial charge on any atom is -0.350 e. The smallest absolute Gasteiger partial charge is 0.158 e. The maximum absolute atomic E-state index is 3.69. The number of alkyl halides is 1. The molecule has 0 bridgehead atoms. The van der Waals surface area contributed by atoms with Gasteiger partial charge in [-0.3, -0.25) is 0 Å². The lowest BCUT2D eigenvalue weighted by Crippen LogP contribution is -2.31. The quantitative estimate of drug-likeness (QED) is 0.223. The summed E-state index contributed by atoms with van der Waals surface area (Å²) in [4.78, 5) is 4.57. The summed E-state index contributed by atoms with van der Waals surface area (Å²) < 4.78 is 0. The number of nitrogens with zero attached hydrogens (tertiary/aromatic N) is 2. The first kappa shape index (κ1) is 18.9. The van der Waals surface area contributed by atoms with Crippen LogP contribution in [0.3, 0.4) is 0 Å². The zero-order chi connectivity index (χ0) is 15.3. The Balaban J connectivity index is 1.78. The van der Waals surface area contributed by atoms with Crippen molar-refractivity contribution in [3.05, 3.63) is 12.4 Å². The topological polar surface area (TPSA) is 6.48 Å². The van der Waals surface area contributed by atoms with Gasteiger partial charge in [-0.2, -0.15) is 0 Å². The van der Waals surface area contributed by atoms with E-state index in [1.165, 1.54) is 83.6 Å². The SMILES string of the molecule is CCCCCCCCCCCCCCN1C=CN(C)C1Br. The lowest BCUT2D eigenvalue weighted by Gasteiger charge is -2.25. The molecule has 0 fully saturated rings. The Morgan fingerprint density at radius 1 is 0.762 bits per heavy atom. The molecule has 0 aromatic rings. The highest BCUT2D eigenvalue weighted by Gasteiger charge is 2.18. The Kier molecular flexibility index (Phi) is 11.1. The van der Waals surface area contributed by atoms with Crippen LogP contribution in [0.25, 0.3) is 0 Å². The summed E-state index contributed by atoms with van der Waals surface area (Å²) in [6.07, 6.45) is 21.4. The highest BCUT2D eigenvalue weighted by Crippen LogP contribution is 2.20. The van der Waals surface area contributed by atoms with Gasteiger partial charge in [0.15, 0.2) is 5.08 Å². The fourth-order valence-corrected chi connectivity index (χ4v) is 3.36. The molecule has 1 rings (SSSR count). The van der Waals surface area contributed by atoms with Gasteiger partial charge in [-0.25, -0.2) is 0 Å². The van der Waals surface area contributed by atoms with Crippen molar-refractivity contribution in [2.75, 3.05) is 13.6 Å². The van der Waals surface area contributed by atoms with E-state index in [0.717, 1.165) is 0 Å². The van der Waals surface area contributed by atoms with Gasteiger partial charge in [0.1, 0.15) is 0 Å². The summed E-state index contributed by atoms with van der Waals surface area (Å²) in [5, 5.41) is 0.366. The molecule has 0 radical (unpaired) electrons. The molecule has 0 saturated carbocycles. The molecular formula is C18H35BrN2. The van der Waals surface area contributed by atoms with Gasteiger partial charge in [0, 0.05) is 26.0 Å². The van der Waals surface area contributed by atoms with Gasteiger partial charge in [0.2, 0.25) is 0 Å². The van der Waals surface area contributed by atoms with Crippen LogP contribution in [-0.4, -0.2) is 28.5 Å². The third-order valence-electron chi connectivity index (χ3n) is 4.37. The van der Waals surface area contributed by atoms with Crippen LogP contribution >= 0.6 is 15.9 Å². The minimum absolute atomic E-state index is 0.366. The molecule has 0 aliphatic carbocycles. The van der Waals surface area contributed by atoms with E-state index in [1.807, 2.05) is 0 Å².